The third-order valence-corrected chi connectivity index (χ3v) is 3.20. The van der Waals surface area contributed by atoms with E-state index < -0.39 is 11.7 Å². The van der Waals surface area contributed by atoms with E-state index in [-0.39, 0.29) is 5.82 Å². The summed E-state index contributed by atoms with van der Waals surface area (Å²) >= 11 is 1.29. The van der Waals surface area contributed by atoms with Crippen molar-refractivity contribution in [2.45, 2.75) is 26.4 Å². The van der Waals surface area contributed by atoms with Gasteiger partial charge in [-0.3, -0.25) is 5.32 Å². The number of benzene rings is 1. The third kappa shape index (κ3) is 5.29. The van der Waals surface area contributed by atoms with Crippen molar-refractivity contribution in [2.24, 2.45) is 0 Å². The van der Waals surface area contributed by atoms with E-state index in [2.05, 4.69) is 10.3 Å². The summed E-state index contributed by atoms with van der Waals surface area (Å²) < 4.78 is 18.2. The van der Waals surface area contributed by atoms with Gasteiger partial charge in [-0.2, -0.15) is 0 Å². The number of nitrogens with zero attached hydrogens (tertiary/aromatic N) is 1. The predicted molar refractivity (Wildman–Crippen MR) is 87.3 cm³/mol. The highest BCUT2D eigenvalue weighted by atomic mass is 32.1. The molecule has 1 heterocycles. The van der Waals surface area contributed by atoms with E-state index >= 15 is 0 Å². The molecule has 0 atom stereocenters. The molecule has 0 aliphatic rings. The summed E-state index contributed by atoms with van der Waals surface area (Å²) in [5.74, 6) is -0.285. The van der Waals surface area contributed by atoms with Crippen molar-refractivity contribution < 1.29 is 13.9 Å². The van der Waals surface area contributed by atoms with Crippen LogP contribution in [0.5, 0.6) is 0 Å². The number of amides is 1. The van der Waals surface area contributed by atoms with Crippen LogP contribution >= 0.6 is 11.3 Å². The lowest BCUT2D eigenvalue weighted by molar-refractivity contribution is 0.0636. The molecule has 0 aliphatic carbocycles. The summed E-state index contributed by atoms with van der Waals surface area (Å²) in [6, 6.07) is 6.27. The molecule has 1 aromatic heterocycles. The lowest BCUT2D eigenvalue weighted by Crippen LogP contribution is -2.27. The van der Waals surface area contributed by atoms with Crippen LogP contribution in [0, 0.1) is 5.82 Å². The van der Waals surface area contributed by atoms with E-state index in [1.807, 2.05) is 0 Å². The molecule has 0 radical (unpaired) electrons. The Hall–Kier alpha value is -2.21. The smallest absolute Gasteiger partial charge is 0.413 e. The van der Waals surface area contributed by atoms with Crippen molar-refractivity contribution >= 4 is 34.7 Å². The van der Waals surface area contributed by atoms with Gasteiger partial charge in [0.15, 0.2) is 5.13 Å². The number of rotatable bonds is 3. The first-order chi connectivity index (χ1) is 10.3. The number of ether oxygens (including phenoxy) is 1. The first-order valence-corrected chi connectivity index (χ1v) is 7.59. The molecule has 0 bridgehead atoms. The number of thiazole rings is 1. The molecule has 0 fully saturated rings. The Morgan fingerprint density at radius 1 is 1.36 bits per heavy atom. The Bertz CT molecular complexity index is 689. The van der Waals surface area contributed by atoms with Gasteiger partial charge in [-0.15, -0.1) is 11.3 Å². The van der Waals surface area contributed by atoms with Crippen LogP contribution in [0.15, 0.2) is 29.6 Å². The highest BCUT2D eigenvalue weighted by Gasteiger charge is 2.16. The van der Waals surface area contributed by atoms with Crippen molar-refractivity contribution in [3.63, 3.8) is 0 Å². The number of aromatic nitrogens is 1. The van der Waals surface area contributed by atoms with Gasteiger partial charge in [0.25, 0.3) is 0 Å². The molecular formula is C16H17FN2O2S. The molecule has 2 aromatic rings. The van der Waals surface area contributed by atoms with Gasteiger partial charge in [-0.1, -0.05) is 18.2 Å². The Morgan fingerprint density at radius 2 is 2.14 bits per heavy atom. The van der Waals surface area contributed by atoms with Gasteiger partial charge >= 0.3 is 6.09 Å². The van der Waals surface area contributed by atoms with E-state index in [1.165, 1.54) is 23.5 Å². The number of nitrogens with one attached hydrogen (secondary N) is 1. The second-order valence-electron chi connectivity index (χ2n) is 5.59. The average Bonchev–Trinajstić information content (AvgIpc) is 2.81. The number of halogens is 1. The fraction of sp³-hybridized carbons (Fsp3) is 0.250. The molecule has 6 heteroatoms. The van der Waals surface area contributed by atoms with E-state index in [9.17, 15) is 9.18 Å². The van der Waals surface area contributed by atoms with Gasteiger partial charge in [0.1, 0.15) is 11.4 Å². The molecule has 0 saturated carbocycles. The lowest BCUT2D eigenvalue weighted by Gasteiger charge is -2.18. The summed E-state index contributed by atoms with van der Waals surface area (Å²) in [6.45, 7) is 5.38. The van der Waals surface area contributed by atoms with E-state index in [0.29, 0.717) is 10.8 Å². The molecule has 1 amide bonds. The zero-order chi connectivity index (χ0) is 16.2. The Balaban J connectivity index is 1.98. The Morgan fingerprint density at radius 3 is 2.82 bits per heavy atom. The first kappa shape index (κ1) is 16.2. The summed E-state index contributed by atoms with van der Waals surface area (Å²) in [5.41, 5.74) is 0.872. The fourth-order valence-electron chi connectivity index (χ4n) is 1.60. The minimum Gasteiger partial charge on any atom is -0.444 e. The standard InChI is InChI=1S/C16H17FN2O2S/c1-16(2,3)21-15(20)19-14-18-13(10-22-14)8-7-11-5-4-6-12(17)9-11/h4-10H,1-3H3,(H,18,19,20)/b8-7+. The minimum atomic E-state index is -0.554. The summed E-state index contributed by atoms with van der Waals surface area (Å²) in [4.78, 5) is 15.9. The van der Waals surface area contributed by atoms with Crippen LogP contribution in [0.3, 0.4) is 0 Å². The third-order valence-electron chi connectivity index (χ3n) is 2.43. The van der Waals surface area contributed by atoms with Gasteiger partial charge in [-0.25, -0.2) is 14.2 Å². The number of hydrogen-bond acceptors (Lipinski definition) is 4. The topological polar surface area (TPSA) is 51.2 Å². The van der Waals surface area contributed by atoms with Crippen LogP contribution in [-0.2, 0) is 4.74 Å². The fourth-order valence-corrected chi connectivity index (χ4v) is 2.27. The minimum absolute atomic E-state index is 0.285. The highest BCUT2D eigenvalue weighted by molar-refractivity contribution is 7.14. The average molecular weight is 320 g/mol. The zero-order valence-electron chi connectivity index (χ0n) is 12.6. The maximum atomic E-state index is 13.1. The maximum absolute atomic E-state index is 13.1. The van der Waals surface area contributed by atoms with E-state index in [0.717, 1.165) is 5.56 Å². The predicted octanol–water partition coefficient (Wildman–Crippen LogP) is 4.80. The number of hydrogen-bond donors (Lipinski definition) is 1. The van der Waals surface area contributed by atoms with Crippen LogP contribution in [0.1, 0.15) is 32.0 Å². The quantitative estimate of drug-likeness (QED) is 0.884. The van der Waals surface area contributed by atoms with Gasteiger partial charge in [0.05, 0.1) is 5.69 Å². The second kappa shape index (κ2) is 6.70. The van der Waals surface area contributed by atoms with Crippen LogP contribution in [0.2, 0.25) is 0 Å². The Kier molecular flexibility index (Phi) is 4.92. The molecule has 0 spiro atoms. The zero-order valence-corrected chi connectivity index (χ0v) is 13.4. The monoisotopic (exact) mass is 320 g/mol. The van der Waals surface area contributed by atoms with Crippen molar-refractivity contribution in [3.8, 4) is 0 Å². The van der Waals surface area contributed by atoms with Crippen LogP contribution in [0.4, 0.5) is 14.3 Å². The molecule has 1 N–H and O–H groups in total. The number of carbonyl (C=O) groups is 1. The van der Waals surface area contributed by atoms with E-state index in [4.69, 9.17) is 4.74 Å². The van der Waals surface area contributed by atoms with Crippen molar-refractivity contribution in [3.05, 3.63) is 46.7 Å². The molecule has 116 valence electrons. The SMILES string of the molecule is CC(C)(C)OC(=O)Nc1nc(/C=C/c2cccc(F)c2)cs1. The summed E-state index contributed by atoms with van der Waals surface area (Å²) in [6.07, 6.45) is 2.98. The van der Waals surface area contributed by atoms with Crippen LogP contribution < -0.4 is 5.32 Å². The number of carbonyl (C=O) groups excluding carboxylic acids is 1. The molecule has 22 heavy (non-hydrogen) atoms. The van der Waals surface area contributed by atoms with Crippen molar-refractivity contribution in [1.82, 2.24) is 4.98 Å². The highest BCUT2D eigenvalue weighted by Crippen LogP contribution is 2.19. The van der Waals surface area contributed by atoms with Crippen LogP contribution in [0.25, 0.3) is 12.2 Å². The summed E-state index contributed by atoms with van der Waals surface area (Å²) in [5, 5.41) is 4.82. The van der Waals surface area contributed by atoms with Crippen molar-refractivity contribution in [2.75, 3.05) is 5.32 Å². The largest absolute Gasteiger partial charge is 0.444 e. The van der Waals surface area contributed by atoms with Gasteiger partial charge < -0.3 is 4.74 Å². The maximum Gasteiger partial charge on any atom is 0.413 e. The molecule has 1 aromatic carbocycles. The van der Waals surface area contributed by atoms with E-state index in [1.54, 1.807) is 50.4 Å². The molecule has 2 rings (SSSR count). The normalized spacial score (nSPS) is 11.6. The van der Waals surface area contributed by atoms with Crippen LogP contribution in [-0.4, -0.2) is 16.7 Å². The molecule has 0 unspecified atom stereocenters. The van der Waals surface area contributed by atoms with Gasteiger partial charge in [0, 0.05) is 5.38 Å². The molecule has 4 nitrogen and oxygen atoms in total. The molecule has 0 aliphatic heterocycles. The Labute approximate surface area is 132 Å². The van der Waals surface area contributed by atoms with Gasteiger partial charge in [0.2, 0.25) is 0 Å². The van der Waals surface area contributed by atoms with Gasteiger partial charge in [-0.05, 0) is 44.5 Å². The number of anilines is 1. The van der Waals surface area contributed by atoms with Crippen molar-refractivity contribution in [1.29, 1.82) is 0 Å². The lowest BCUT2D eigenvalue weighted by atomic mass is 10.2. The first-order valence-electron chi connectivity index (χ1n) is 6.71. The molecule has 0 saturated heterocycles. The second-order valence-corrected chi connectivity index (χ2v) is 6.45. The molecular weight excluding hydrogens is 303 g/mol. The summed E-state index contributed by atoms with van der Waals surface area (Å²) in [7, 11) is 0.